The minimum absolute atomic E-state index is 0.103. The number of para-hydroxylation sites is 1. The number of ether oxygens (including phenoxy) is 2. The minimum Gasteiger partial charge on any atom is -0.494 e. The fourth-order valence-corrected chi connectivity index (χ4v) is 4.70. The molecule has 0 radical (unpaired) electrons. The third-order valence-corrected chi connectivity index (χ3v) is 6.32. The van der Waals surface area contributed by atoms with E-state index in [0.717, 1.165) is 31.7 Å². The van der Waals surface area contributed by atoms with Gasteiger partial charge in [0, 0.05) is 4.90 Å². The lowest BCUT2D eigenvalue weighted by molar-refractivity contribution is 0.0234. The number of esters is 1. The molecule has 0 amide bonds. The quantitative estimate of drug-likeness (QED) is 0.450. The molecule has 3 aromatic rings. The molecule has 1 aliphatic rings. The molecule has 1 saturated heterocycles. The summed E-state index contributed by atoms with van der Waals surface area (Å²) in [6.07, 6.45) is -0.103. The van der Waals surface area contributed by atoms with Crippen molar-refractivity contribution < 1.29 is 14.3 Å². The first-order valence-corrected chi connectivity index (χ1v) is 10.6. The summed E-state index contributed by atoms with van der Waals surface area (Å²) in [5.41, 5.74) is 1.49. The van der Waals surface area contributed by atoms with Crippen LogP contribution in [-0.2, 0) is 4.74 Å². The van der Waals surface area contributed by atoms with E-state index in [2.05, 4.69) is 16.8 Å². The maximum atomic E-state index is 12.4. The van der Waals surface area contributed by atoms with Gasteiger partial charge in [0.25, 0.3) is 0 Å². The van der Waals surface area contributed by atoms with Crippen LogP contribution in [0.1, 0.15) is 17.3 Å². The van der Waals surface area contributed by atoms with Gasteiger partial charge in [-0.2, -0.15) is 0 Å². The lowest BCUT2D eigenvalue weighted by atomic mass is 10.2. The lowest BCUT2D eigenvalue weighted by Gasteiger charge is -2.38. The number of hydrogen-bond donors (Lipinski definition) is 0. The number of methoxy groups -OCH3 is 1. The first-order chi connectivity index (χ1) is 13.2. The van der Waals surface area contributed by atoms with Gasteiger partial charge in [-0.15, -0.1) is 11.8 Å². The molecule has 27 heavy (non-hydrogen) atoms. The van der Waals surface area contributed by atoms with Crippen LogP contribution in [0.4, 0.5) is 5.13 Å². The molecule has 140 valence electrons. The van der Waals surface area contributed by atoms with Crippen molar-refractivity contribution in [3.05, 3.63) is 48.0 Å². The molecule has 0 N–H and O–H groups in total. The minimum atomic E-state index is -0.260. The van der Waals surface area contributed by atoms with Crippen LogP contribution in [0.3, 0.4) is 0 Å². The van der Waals surface area contributed by atoms with E-state index < -0.39 is 0 Å². The summed E-state index contributed by atoms with van der Waals surface area (Å²) in [6.45, 7) is 3.42. The number of carbonyl (C=O) groups excluding carboxylic acids is 1. The van der Waals surface area contributed by atoms with E-state index >= 15 is 0 Å². The number of hydrogen-bond acceptors (Lipinski definition) is 7. The van der Waals surface area contributed by atoms with E-state index in [1.807, 2.05) is 36.4 Å². The van der Waals surface area contributed by atoms with Gasteiger partial charge in [-0.05, 0) is 36.1 Å². The van der Waals surface area contributed by atoms with Gasteiger partial charge in [-0.1, -0.05) is 30.4 Å². The van der Waals surface area contributed by atoms with Crippen LogP contribution in [-0.4, -0.2) is 43.0 Å². The Kier molecular flexibility index (Phi) is 5.22. The van der Waals surface area contributed by atoms with Crippen molar-refractivity contribution >= 4 is 44.4 Å². The van der Waals surface area contributed by atoms with Gasteiger partial charge in [0.2, 0.25) is 0 Å². The normalized spacial score (nSPS) is 14.2. The summed E-state index contributed by atoms with van der Waals surface area (Å²) < 4.78 is 12.1. The average Bonchev–Trinajstić information content (AvgIpc) is 3.08. The summed E-state index contributed by atoms with van der Waals surface area (Å²) in [7, 11) is 1.65. The molecule has 2 heterocycles. The van der Waals surface area contributed by atoms with Crippen LogP contribution >= 0.6 is 23.1 Å². The molecule has 7 heteroatoms. The standard InChI is InChI=1S/C20H20N2O3S2/c1-3-26-15-7-4-6-13(10-15)19(23)25-14-11-22(12-14)20-21-18-16(24-2)8-5-9-17(18)27-20/h4-10,14H,3,11-12H2,1-2H3. The van der Waals surface area contributed by atoms with Crippen molar-refractivity contribution in [1.82, 2.24) is 4.98 Å². The van der Waals surface area contributed by atoms with Crippen LogP contribution in [0.5, 0.6) is 5.75 Å². The highest BCUT2D eigenvalue weighted by Crippen LogP contribution is 2.36. The third kappa shape index (κ3) is 3.75. The van der Waals surface area contributed by atoms with E-state index in [0.29, 0.717) is 18.7 Å². The van der Waals surface area contributed by atoms with Crippen LogP contribution in [0.2, 0.25) is 0 Å². The van der Waals surface area contributed by atoms with Gasteiger partial charge < -0.3 is 14.4 Å². The molecule has 0 bridgehead atoms. The number of aromatic nitrogens is 1. The molecule has 4 rings (SSSR count). The number of fused-ring (bicyclic) bond motifs is 1. The average molecular weight is 401 g/mol. The van der Waals surface area contributed by atoms with Crippen LogP contribution in [0.25, 0.3) is 10.2 Å². The number of nitrogens with zero attached hydrogens (tertiary/aromatic N) is 2. The molecular formula is C20H20N2O3S2. The smallest absolute Gasteiger partial charge is 0.338 e. The van der Waals surface area contributed by atoms with Crippen LogP contribution in [0.15, 0.2) is 47.4 Å². The van der Waals surface area contributed by atoms with E-state index in [1.54, 1.807) is 36.3 Å². The van der Waals surface area contributed by atoms with E-state index in [1.165, 1.54) is 0 Å². The Balaban J connectivity index is 1.38. The number of rotatable bonds is 6. The Labute approximate surface area is 166 Å². The van der Waals surface area contributed by atoms with Crippen molar-refractivity contribution in [3.63, 3.8) is 0 Å². The second kappa shape index (κ2) is 7.78. The van der Waals surface area contributed by atoms with Gasteiger partial charge in [-0.3, -0.25) is 0 Å². The maximum Gasteiger partial charge on any atom is 0.338 e. The van der Waals surface area contributed by atoms with Gasteiger partial charge in [0.1, 0.15) is 17.4 Å². The number of benzene rings is 2. The van der Waals surface area contributed by atoms with Crippen molar-refractivity contribution in [1.29, 1.82) is 0 Å². The highest BCUT2D eigenvalue weighted by molar-refractivity contribution is 7.99. The Morgan fingerprint density at radius 1 is 1.30 bits per heavy atom. The Morgan fingerprint density at radius 3 is 2.89 bits per heavy atom. The third-order valence-electron chi connectivity index (χ3n) is 4.36. The fraction of sp³-hybridized carbons (Fsp3) is 0.300. The van der Waals surface area contributed by atoms with Gasteiger partial charge in [-0.25, -0.2) is 9.78 Å². The topological polar surface area (TPSA) is 51.7 Å². The van der Waals surface area contributed by atoms with E-state index in [4.69, 9.17) is 9.47 Å². The maximum absolute atomic E-state index is 12.4. The molecule has 1 fully saturated rings. The fourth-order valence-electron chi connectivity index (χ4n) is 2.98. The Hall–Kier alpha value is -2.25. The Morgan fingerprint density at radius 2 is 2.11 bits per heavy atom. The highest BCUT2D eigenvalue weighted by Gasteiger charge is 2.32. The van der Waals surface area contributed by atoms with Gasteiger partial charge in [0.15, 0.2) is 5.13 Å². The summed E-state index contributed by atoms with van der Waals surface area (Å²) in [4.78, 5) is 20.3. The first-order valence-electron chi connectivity index (χ1n) is 8.80. The number of anilines is 1. The molecule has 1 aromatic heterocycles. The Bertz CT molecular complexity index is 967. The van der Waals surface area contributed by atoms with Crippen LogP contribution in [0, 0.1) is 0 Å². The summed E-state index contributed by atoms with van der Waals surface area (Å²) >= 11 is 3.34. The molecule has 5 nitrogen and oxygen atoms in total. The summed E-state index contributed by atoms with van der Waals surface area (Å²) in [5.74, 6) is 1.50. The number of thioether (sulfide) groups is 1. The molecular weight excluding hydrogens is 380 g/mol. The van der Waals surface area contributed by atoms with Gasteiger partial charge in [0.05, 0.1) is 30.5 Å². The summed E-state index contributed by atoms with van der Waals surface area (Å²) in [5, 5.41) is 0.933. The van der Waals surface area contributed by atoms with Crippen molar-refractivity contribution in [2.24, 2.45) is 0 Å². The van der Waals surface area contributed by atoms with E-state index in [9.17, 15) is 4.79 Å². The molecule has 2 aromatic carbocycles. The van der Waals surface area contributed by atoms with Crippen LogP contribution < -0.4 is 9.64 Å². The predicted octanol–water partition coefficient (Wildman–Crippen LogP) is 4.46. The molecule has 0 saturated carbocycles. The second-order valence-electron chi connectivity index (χ2n) is 6.20. The first kappa shape index (κ1) is 18.1. The number of carbonyl (C=O) groups is 1. The molecule has 1 aliphatic heterocycles. The largest absolute Gasteiger partial charge is 0.494 e. The zero-order valence-electron chi connectivity index (χ0n) is 15.2. The van der Waals surface area contributed by atoms with Crippen molar-refractivity contribution in [2.75, 3.05) is 30.9 Å². The highest BCUT2D eigenvalue weighted by atomic mass is 32.2. The predicted molar refractivity (Wildman–Crippen MR) is 110 cm³/mol. The second-order valence-corrected chi connectivity index (χ2v) is 8.54. The van der Waals surface area contributed by atoms with Crippen molar-refractivity contribution in [2.45, 2.75) is 17.9 Å². The zero-order chi connectivity index (χ0) is 18.8. The SMILES string of the molecule is CCSc1cccc(C(=O)OC2CN(c3nc4c(OC)cccc4s3)C2)c1. The summed E-state index contributed by atoms with van der Waals surface area (Å²) in [6, 6.07) is 13.5. The lowest BCUT2D eigenvalue weighted by Crippen LogP contribution is -2.53. The monoisotopic (exact) mass is 400 g/mol. The zero-order valence-corrected chi connectivity index (χ0v) is 16.8. The molecule has 0 unspecified atom stereocenters. The van der Waals surface area contributed by atoms with E-state index in [-0.39, 0.29) is 12.1 Å². The molecule has 0 spiro atoms. The van der Waals surface area contributed by atoms with Crippen molar-refractivity contribution in [3.8, 4) is 5.75 Å². The molecule has 0 atom stereocenters. The molecule has 0 aliphatic carbocycles. The number of thiazole rings is 1. The van der Waals surface area contributed by atoms with Gasteiger partial charge >= 0.3 is 5.97 Å².